The Balaban J connectivity index is 2.27. The number of nitrogens with one attached hydrogen (secondary N) is 1. The number of hydrogen-bond acceptors (Lipinski definition) is 2. The smallest absolute Gasteiger partial charge is 0.0340 e. The summed E-state index contributed by atoms with van der Waals surface area (Å²) >= 11 is 1.99. The molecule has 1 nitrogen and oxygen atoms in total. The highest BCUT2D eigenvalue weighted by Gasteiger charge is 1.99. The third kappa shape index (κ3) is 4.23. The van der Waals surface area contributed by atoms with Crippen LogP contribution in [0.2, 0.25) is 0 Å². The molecular formula is C11H17NS. The Morgan fingerprint density at radius 2 is 2.00 bits per heavy atom. The van der Waals surface area contributed by atoms with Crippen LogP contribution in [0, 0.1) is 0 Å². The first-order valence-corrected chi connectivity index (χ1v) is 5.78. The van der Waals surface area contributed by atoms with Crippen molar-refractivity contribution in [2.45, 2.75) is 19.1 Å². The van der Waals surface area contributed by atoms with Gasteiger partial charge in [-0.25, -0.2) is 0 Å². The Morgan fingerprint density at radius 3 is 2.62 bits per heavy atom. The van der Waals surface area contributed by atoms with Gasteiger partial charge in [0.15, 0.2) is 0 Å². The fourth-order valence-electron chi connectivity index (χ4n) is 1.16. The Hall–Kier alpha value is -0.630. The topological polar surface area (TPSA) is 12.0 Å². The predicted molar refractivity (Wildman–Crippen MR) is 62.5 cm³/mol. The maximum Gasteiger partial charge on any atom is 0.0340 e. The number of anilines is 1. The second-order valence-electron chi connectivity index (χ2n) is 3.01. The van der Waals surface area contributed by atoms with Gasteiger partial charge in [0.25, 0.3) is 0 Å². The van der Waals surface area contributed by atoms with Crippen LogP contribution < -0.4 is 5.32 Å². The number of benzene rings is 1. The number of para-hydroxylation sites is 1. The van der Waals surface area contributed by atoms with Crippen LogP contribution in [0.15, 0.2) is 30.3 Å². The molecule has 0 saturated carbocycles. The molecule has 1 N–H and O–H groups in total. The molecule has 0 aliphatic carbocycles. The van der Waals surface area contributed by atoms with Crippen LogP contribution in [0.4, 0.5) is 5.69 Å². The first-order valence-electron chi connectivity index (χ1n) is 4.73. The Bertz CT molecular complexity index is 223. The molecule has 1 atom stereocenters. The van der Waals surface area contributed by atoms with E-state index in [2.05, 4.69) is 43.4 Å². The first kappa shape index (κ1) is 10.5. The van der Waals surface area contributed by atoms with E-state index in [-0.39, 0.29) is 0 Å². The van der Waals surface area contributed by atoms with E-state index in [9.17, 15) is 0 Å². The van der Waals surface area contributed by atoms with Crippen LogP contribution in [-0.4, -0.2) is 17.5 Å². The molecule has 0 aliphatic rings. The molecule has 0 aliphatic heterocycles. The van der Waals surface area contributed by atoms with Gasteiger partial charge in [0.1, 0.15) is 0 Å². The van der Waals surface area contributed by atoms with Gasteiger partial charge in [-0.3, -0.25) is 0 Å². The summed E-state index contributed by atoms with van der Waals surface area (Å²) in [5.41, 5.74) is 1.21. The Morgan fingerprint density at radius 1 is 1.31 bits per heavy atom. The van der Waals surface area contributed by atoms with Crippen molar-refractivity contribution in [2.75, 3.05) is 17.6 Å². The first-order chi connectivity index (χ1) is 6.33. The molecule has 1 unspecified atom stereocenters. The van der Waals surface area contributed by atoms with Gasteiger partial charge in [-0.2, -0.15) is 11.8 Å². The van der Waals surface area contributed by atoms with Crippen molar-refractivity contribution in [3.05, 3.63) is 30.3 Å². The van der Waals surface area contributed by atoms with E-state index in [1.54, 1.807) is 0 Å². The van der Waals surface area contributed by atoms with Gasteiger partial charge in [0.2, 0.25) is 0 Å². The monoisotopic (exact) mass is 195 g/mol. The molecule has 0 heterocycles. The van der Waals surface area contributed by atoms with E-state index in [1.165, 1.54) is 11.4 Å². The second-order valence-corrected chi connectivity index (χ2v) is 4.73. The lowest BCUT2D eigenvalue weighted by atomic mass is 10.3. The van der Waals surface area contributed by atoms with Crippen molar-refractivity contribution in [2.24, 2.45) is 0 Å². The highest BCUT2D eigenvalue weighted by molar-refractivity contribution is 7.99. The minimum absolute atomic E-state index is 0.685. The minimum Gasteiger partial charge on any atom is -0.384 e. The van der Waals surface area contributed by atoms with E-state index in [1.807, 2.05) is 17.8 Å². The van der Waals surface area contributed by atoms with Crippen LogP contribution in [0.5, 0.6) is 0 Å². The molecule has 0 fully saturated rings. The van der Waals surface area contributed by atoms with Gasteiger partial charge in [-0.1, -0.05) is 32.0 Å². The fourth-order valence-corrected chi connectivity index (χ4v) is 1.93. The second kappa shape index (κ2) is 5.92. The summed E-state index contributed by atoms with van der Waals surface area (Å²) in [6, 6.07) is 10.3. The van der Waals surface area contributed by atoms with Crippen LogP contribution in [0.3, 0.4) is 0 Å². The standard InChI is InChI=1S/C11H17NS/c1-3-13-10(2)9-12-11-7-5-4-6-8-11/h4-8,10,12H,3,9H2,1-2H3. The molecule has 0 spiro atoms. The van der Waals surface area contributed by atoms with Gasteiger partial charge in [0, 0.05) is 17.5 Å². The number of thioether (sulfide) groups is 1. The summed E-state index contributed by atoms with van der Waals surface area (Å²) in [4.78, 5) is 0. The third-order valence-corrected chi connectivity index (χ3v) is 2.89. The van der Waals surface area contributed by atoms with Gasteiger partial charge in [-0.15, -0.1) is 0 Å². The van der Waals surface area contributed by atoms with Crippen LogP contribution in [0.25, 0.3) is 0 Å². The maximum absolute atomic E-state index is 3.41. The van der Waals surface area contributed by atoms with Crippen molar-refractivity contribution in [3.8, 4) is 0 Å². The molecule has 72 valence electrons. The molecule has 2 heteroatoms. The van der Waals surface area contributed by atoms with Crippen molar-refractivity contribution in [1.29, 1.82) is 0 Å². The number of rotatable bonds is 5. The molecule has 1 aromatic rings. The molecule has 13 heavy (non-hydrogen) atoms. The molecule has 0 bridgehead atoms. The van der Waals surface area contributed by atoms with E-state index in [0.29, 0.717) is 5.25 Å². The SMILES string of the molecule is CCSC(C)CNc1ccccc1. The van der Waals surface area contributed by atoms with Crippen molar-refractivity contribution >= 4 is 17.4 Å². The summed E-state index contributed by atoms with van der Waals surface area (Å²) in [6.45, 7) is 5.50. The molecule has 1 rings (SSSR count). The van der Waals surface area contributed by atoms with Crippen LogP contribution in [0.1, 0.15) is 13.8 Å². The van der Waals surface area contributed by atoms with E-state index in [4.69, 9.17) is 0 Å². The Labute approximate surface area is 84.9 Å². The largest absolute Gasteiger partial charge is 0.384 e. The highest BCUT2D eigenvalue weighted by atomic mass is 32.2. The lowest BCUT2D eigenvalue weighted by Gasteiger charge is -2.11. The zero-order valence-corrected chi connectivity index (χ0v) is 9.10. The van der Waals surface area contributed by atoms with E-state index in [0.717, 1.165) is 6.54 Å². The summed E-state index contributed by atoms with van der Waals surface area (Å²) < 4.78 is 0. The molecule has 0 aromatic heterocycles. The van der Waals surface area contributed by atoms with Crippen LogP contribution in [-0.2, 0) is 0 Å². The molecule has 0 amide bonds. The summed E-state index contributed by atoms with van der Waals surface area (Å²) in [5.74, 6) is 1.19. The summed E-state index contributed by atoms with van der Waals surface area (Å²) in [7, 11) is 0. The molecule has 0 saturated heterocycles. The van der Waals surface area contributed by atoms with Crippen LogP contribution >= 0.6 is 11.8 Å². The Kier molecular flexibility index (Phi) is 4.76. The fraction of sp³-hybridized carbons (Fsp3) is 0.455. The maximum atomic E-state index is 3.41. The van der Waals surface area contributed by atoms with E-state index < -0.39 is 0 Å². The lowest BCUT2D eigenvalue weighted by molar-refractivity contribution is 1.000. The molecule has 0 radical (unpaired) electrons. The molecular weight excluding hydrogens is 178 g/mol. The number of hydrogen-bond donors (Lipinski definition) is 1. The predicted octanol–water partition coefficient (Wildman–Crippen LogP) is 3.24. The van der Waals surface area contributed by atoms with Crippen molar-refractivity contribution in [1.82, 2.24) is 0 Å². The zero-order valence-electron chi connectivity index (χ0n) is 8.29. The zero-order chi connectivity index (χ0) is 9.52. The van der Waals surface area contributed by atoms with E-state index >= 15 is 0 Å². The highest BCUT2D eigenvalue weighted by Crippen LogP contribution is 2.11. The average Bonchev–Trinajstić information content (AvgIpc) is 2.17. The van der Waals surface area contributed by atoms with Gasteiger partial charge in [-0.05, 0) is 17.9 Å². The van der Waals surface area contributed by atoms with Gasteiger partial charge in [0.05, 0.1) is 0 Å². The van der Waals surface area contributed by atoms with Gasteiger partial charge >= 0.3 is 0 Å². The summed E-state index contributed by atoms with van der Waals surface area (Å²) in [6.07, 6.45) is 0. The molecule has 1 aromatic carbocycles. The van der Waals surface area contributed by atoms with Crippen molar-refractivity contribution in [3.63, 3.8) is 0 Å². The summed E-state index contributed by atoms with van der Waals surface area (Å²) in [5, 5.41) is 4.09. The van der Waals surface area contributed by atoms with Crippen molar-refractivity contribution < 1.29 is 0 Å². The lowest BCUT2D eigenvalue weighted by Crippen LogP contribution is -2.13. The average molecular weight is 195 g/mol. The third-order valence-electron chi connectivity index (χ3n) is 1.82. The normalized spacial score (nSPS) is 12.5. The minimum atomic E-state index is 0.685. The quantitative estimate of drug-likeness (QED) is 0.774. The van der Waals surface area contributed by atoms with Gasteiger partial charge < -0.3 is 5.32 Å².